The van der Waals surface area contributed by atoms with Gasteiger partial charge in [-0.25, -0.2) is 0 Å². The Morgan fingerprint density at radius 1 is 0.833 bits per heavy atom. The summed E-state index contributed by atoms with van der Waals surface area (Å²) in [6.07, 6.45) is 15.2. The molecule has 1 heteroatoms. The molecular formula is C35H54O. The van der Waals surface area contributed by atoms with E-state index in [9.17, 15) is 5.11 Å². The van der Waals surface area contributed by atoms with Crippen molar-refractivity contribution in [2.24, 2.45) is 22.2 Å². The highest BCUT2D eigenvalue weighted by Gasteiger charge is 2.45. The monoisotopic (exact) mass is 490 g/mol. The van der Waals surface area contributed by atoms with E-state index in [0.29, 0.717) is 5.92 Å². The summed E-state index contributed by atoms with van der Waals surface area (Å²) < 4.78 is 0. The lowest BCUT2D eigenvalue weighted by atomic mass is 9.55. The summed E-state index contributed by atoms with van der Waals surface area (Å²) in [5, 5.41) is 10.3. The Kier molecular flexibility index (Phi) is 9.85. The molecule has 0 aliphatic heterocycles. The van der Waals surface area contributed by atoms with Gasteiger partial charge in [-0.3, -0.25) is 0 Å². The first-order chi connectivity index (χ1) is 16.7. The molecule has 3 atom stereocenters. The van der Waals surface area contributed by atoms with Crippen LogP contribution >= 0.6 is 0 Å². The van der Waals surface area contributed by atoms with Crippen LogP contribution < -0.4 is 0 Å². The van der Waals surface area contributed by atoms with E-state index in [1.165, 1.54) is 22.3 Å². The fraction of sp³-hybridized carbons (Fsp3) is 0.600. The van der Waals surface area contributed by atoms with Crippen LogP contribution in [0, 0.1) is 22.2 Å². The lowest BCUT2D eigenvalue weighted by Crippen LogP contribution is -2.43. The van der Waals surface area contributed by atoms with Crippen LogP contribution in [0.15, 0.2) is 77.4 Å². The largest absolute Gasteiger partial charge is 0.392 e. The predicted molar refractivity (Wildman–Crippen MR) is 159 cm³/mol. The molecule has 0 radical (unpaired) electrons. The van der Waals surface area contributed by atoms with Crippen LogP contribution in [0.1, 0.15) is 107 Å². The van der Waals surface area contributed by atoms with Crippen LogP contribution in [0.4, 0.5) is 0 Å². The molecule has 0 spiro atoms. The van der Waals surface area contributed by atoms with E-state index in [-0.39, 0.29) is 27.8 Å². The van der Waals surface area contributed by atoms with Gasteiger partial charge >= 0.3 is 0 Å². The van der Waals surface area contributed by atoms with E-state index in [0.717, 1.165) is 25.7 Å². The number of hydrogen-bond donors (Lipinski definition) is 1. The summed E-state index contributed by atoms with van der Waals surface area (Å²) in [7, 11) is 0. The molecule has 0 aromatic heterocycles. The Hall–Kier alpha value is -1.86. The summed E-state index contributed by atoms with van der Waals surface area (Å²) in [5.74, 6) is 0.446. The molecule has 0 heterocycles. The molecule has 3 rings (SSSR count). The lowest BCUT2D eigenvalue weighted by Gasteiger charge is -2.49. The first-order valence-corrected chi connectivity index (χ1v) is 14.2. The summed E-state index contributed by atoms with van der Waals surface area (Å²) in [6.45, 7) is 25.5. The van der Waals surface area contributed by atoms with Gasteiger partial charge in [0.05, 0.1) is 6.10 Å². The molecule has 3 unspecified atom stereocenters. The summed E-state index contributed by atoms with van der Waals surface area (Å²) >= 11 is 0. The maximum absolute atomic E-state index is 10.3. The molecule has 1 N–H and O–H groups in total. The van der Waals surface area contributed by atoms with E-state index in [2.05, 4.69) is 123 Å². The third-order valence-corrected chi connectivity index (χ3v) is 8.93. The standard InChI is InChI=1S/C33H48O.C2H6/c1-24-18-19-27(32(7,8)31(5,6)25-14-11-10-12-15-25)22-29(24)33(9,23-30(2,3)4)26-16-13-17-28(34)21-20-26;1-2/h10-16,18,20,22,27-28,34H,17,19,21,23H2,1-9H3;1-2H3. The van der Waals surface area contributed by atoms with Crippen molar-refractivity contribution >= 4 is 0 Å². The maximum Gasteiger partial charge on any atom is 0.0609 e. The second kappa shape index (κ2) is 11.7. The van der Waals surface area contributed by atoms with Gasteiger partial charge in [0.2, 0.25) is 0 Å². The van der Waals surface area contributed by atoms with Crippen LogP contribution in [0.25, 0.3) is 0 Å². The number of aliphatic hydroxyl groups excluding tert-OH is 1. The topological polar surface area (TPSA) is 20.2 Å². The zero-order valence-electron chi connectivity index (χ0n) is 25.2. The summed E-state index contributed by atoms with van der Waals surface area (Å²) in [5.41, 5.74) is 5.85. The van der Waals surface area contributed by atoms with Gasteiger partial charge in [-0.2, -0.15) is 0 Å². The molecule has 2 aliphatic rings. The molecular weight excluding hydrogens is 436 g/mol. The van der Waals surface area contributed by atoms with Gasteiger partial charge < -0.3 is 5.11 Å². The predicted octanol–water partition coefficient (Wildman–Crippen LogP) is 9.99. The molecule has 1 aromatic rings. The highest BCUT2D eigenvalue weighted by atomic mass is 16.3. The molecule has 200 valence electrons. The van der Waals surface area contributed by atoms with Crippen LogP contribution in [-0.4, -0.2) is 11.2 Å². The molecule has 1 aromatic carbocycles. The molecule has 2 aliphatic carbocycles. The van der Waals surface area contributed by atoms with Gasteiger partial charge in [0.25, 0.3) is 0 Å². The minimum atomic E-state index is -0.275. The van der Waals surface area contributed by atoms with Gasteiger partial charge in [-0.1, -0.05) is 136 Å². The van der Waals surface area contributed by atoms with E-state index in [4.69, 9.17) is 0 Å². The number of rotatable bonds is 6. The summed E-state index contributed by atoms with van der Waals surface area (Å²) in [4.78, 5) is 0. The van der Waals surface area contributed by atoms with E-state index in [1.807, 2.05) is 13.8 Å². The first kappa shape index (κ1) is 30.4. The number of aliphatic hydroxyl groups is 1. The Bertz CT molecular complexity index is 977. The van der Waals surface area contributed by atoms with Crippen molar-refractivity contribution in [1.29, 1.82) is 0 Å². The van der Waals surface area contributed by atoms with E-state index < -0.39 is 0 Å². The van der Waals surface area contributed by atoms with Crippen LogP contribution in [0.3, 0.4) is 0 Å². The van der Waals surface area contributed by atoms with Gasteiger partial charge in [0.1, 0.15) is 0 Å². The minimum absolute atomic E-state index is 0.0334. The van der Waals surface area contributed by atoms with Gasteiger partial charge in [-0.15, -0.1) is 0 Å². The van der Waals surface area contributed by atoms with Crippen molar-refractivity contribution in [2.45, 2.75) is 113 Å². The van der Waals surface area contributed by atoms with Crippen molar-refractivity contribution in [3.63, 3.8) is 0 Å². The summed E-state index contributed by atoms with van der Waals surface area (Å²) in [6, 6.07) is 11.0. The maximum atomic E-state index is 10.3. The number of allylic oxidation sites excluding steroid dienone is 6. The Morgan fingerprint density at radius 3 is 2.03 bits per heavy atom. The minimum Gasteiger partial charge on any atom is -0.392 e. The first-order valence-electron chi connectivity index (χ1n) is 14.2. The van der Waals surface area contributed by atoms with Crippen molar-refractivity contribution in [2.75, 3.05) is 0 Å². The van der Waals surface area contributed by atoms with Crippen LogP contribution in [-0.2, 0) is 5.41 Å². The molecule has 0 saturated heterocycles. The SMILES string of the molecule is CC.CC1=CCC(C(C)(C)C(C)(C)c2ccccc2)C=C1C(C)(CC(C)(C)C)C1=CCC(O)CC=C1. The Labute approximate surface area is 223 Å². The normalized spacial score (nSPS) is 22.8. The molecule has 0 bridgehead atoms. The fourth-order valence-electron chi connectivity index (χ4n) is 6.23. The van der Waals surface area contributed by atoms with Crippen molar-refractivity contribution in [3.8, 4) is 0 Å². The van der Waals surface area contributed by atoms with E-state index in [1.54, 1.807) is 0 Å². The second-order valence-electron chi connectivity index (χ2n) is 13.3. The number of hydrogen-bond acceptors (Lipinski definition) is 1. The average molecular weight is 491 g/mol. The lowest BCUT2D eigenvalue weighted by molar-refractivity contribution is 0.130. The van der Waals surface area contributed by atoms with Crippen molar-refractivity contribution in [3.05, 3.63) is 83.0 Å². The van der Waals surface area contributed by atoms with Crippen molar-refractivity contribution < 1.29 is 5.11 Å². The fourth-order valence-corrected chi connectivity index (χ4v) is 6.23. The molecule has 0 fully saturated rings. The van der Waals surface area contributed by atoms with E-state index >= 15 is 0 Å². The zero-order valence-corrected chi connectivity index (χ0v) is 25.2. The zero-order chi connectivity index (χ0) is 27.4. The van der Waals surface area contributed by atoms with Gasteiger partial charge in [0.15, 0.2) is 0 Å². The molecule has 0 saturated carbocycles. The Balaban J connectivity index is 0.00000222. The highest BCUT2D eigenvalue weighted by Crippen LogP contribution is 2.54. The Morgan fingerprint density at radius 2 is 1.44 bits per heavy atom. The second-order valence-corrected chi connectivity index (χ2v) is 13.3. The van der Waals surface area contributed by atoms with Crippen LogP contribution in [0.5, 0.6) is 0 Å². The van der Waals surface area contributed by atoms with Crippen LogP contribution in [0.2, 0.25) is 0 Å². The van der Waals surface area contributed by atoms with Gasteiger partial charge in [0, 0.05) is 5.41 Å². The van der Waals surface area contributed by atoms with Gasteiger partial charge in [-0.05, 0) is 71.5 Å². The average Bonchev–Trinajstić information content (AvgIpc) is 3.04. The highest BCUT2D eigenvalue weighted by molar-refractivity contribution is 5.48. The third-order valence-electron chi connectivity index (χ3n) is 8.93. The van der Waals surface area contributed by atoms with Crippen molar-refractivity contribution in [1.82, 2.24) is 0 Å². The quantitative estimate of drug-likeness (QED) is 0.420. The number of benzene rings is 1. The smallest absolute Gasteiger partial charge is 0.0609 e. The molecule has 36 heavy (non-hydrogen) atoms. The third kappa shape index (κ3) is 6.52. The molecule has 1 nitrogen and oxygen atoms in total. The molecule has 0 amide bonds.